The Hall–Kier alpha value is -3.85. The van der Waals surface area contributed by atoms with Crippen LogP contribution in [0, 0.1) is 0 Å². The Morgan fingerprint density at radius 3 is 2.07 bits per heavy atom. The van der Waals surface area contributed by atoms with Gasteiger partial charge in [-0.3, -0.25) is 4.98 Å². The zero-order valence-corrected chi connectivity index (χ0v) is 16.8. The highest BCUT2D eigenvalue weighted by atomic mass is 16.5. The van der Waals surface area contributed by atoms with E-state index in [0.29, 0.717) is 6.54 Å². The molecule has 1 N–H and O–H groups in total. The fourth-order valence-corrected chi connectivity index (χ4v) is 4.06. The van der Waals surface area contributed by atoms with E-state index in [9.17, 15) is 0 Å². The van der Waals surface area contributed by atoms with Gasteiger partial charge in [0, 0.05) is 23.0 Å². The molecule has 4 aromatic carbocycles. The second-order valence-corrected chi connectivity index (χ2v) is 7.25. The van der Waals surface area contributed by atoms with Crippen molar-refractivity contribution in [3.05, 3.63) is 103 Å². The van der Waals surface area contributed by atoms with Gasteiger partial charge in [-0.25, -0.2) is 0 Å². The lowest BCUT2D eigenvalue weighted by molar-refractivity contribution is 0.417. The molecule has 0 bridgehead atoms. The molecule has 0 atom stereocenters. The van der Waals surface area contributed by atoms with Crippen LogP contribution in [0.3, 0.4) is 0 Å². The molecular formula is C27H22N2O. The Bertz CT molecular complexity index is 1330. The number of rotatable bonds is 5. The molecule has 3 heteroatoms. The smallest absolute Gasteiger partial charge is 0.127 e. The zero-order chi connectivity index (χ0) is 20.3. The quantitative estimate of drug-likeness (QED) is 0.364. The number of ether oxygens (including phenoxy) is 1. The van der Waals surface area contributed by atoms with Crippen molar-refractivity contribution in [3.63, 3.8) is 0 Å². The van der Waals surface area contributed by atoms with Crippen molar-refractivity contribution in [2.24, 2.45) is 0 Å². The van der Waals surface area contributed by atoms with Crippen LogP contribution in [0.2, 0.25) is 0 Å². The summed E-state index contributed by atoms with van der Waals surface area (Å²) in [7, 11) is 1.74. The number of hydrogen-bond donors (Lipinski definition) is 1. The van der Waals surface area contributed by atoms with E-state index in [1.54, 1.807) is 7.11 Å². The molecule has 5 rings (SSSR count). The number of anilines is 1. The normalized spacial score (nSPS) is 11.0. The molecule has 1 heterocycles. The molecule has 1 aromatic heterocycles. The fraction of sp³-hybridized carbons (Fsp3) is 0.0741. The number of nitrogens with one attached hydrogen (secondary N) is 1. The Morgan fingerprint density at radius 2 is 1.37 bits per heavy atom. The van der Waals surface area contributed by atoms with E-state index in [2.05, 4.69) is 83.1 Å². The van der Waals surface area contributed by atoms with Crippen molar-refractivity contribution < 1.29 is 4.74 Å². The Labute approximate surface area is 176 Å². The summed E-state index contributed by atoms with van der Waals surface area (Å²) in [5.41, 5.74) is 4.32. The van der Waals surface area contributed by atoms with Gasteiger partial charge in [-0.1, -0.05) is 66.7 Å². The first-order chi connectivity index (χ1) is 14.8. The predicted molar refractivity (Wildman–Crippen MR) is 125 cm³/mol. The topological polar surface area (TPSA) is 34.1 Å². The van der Waals surface area contributed by atoms with Crippen LogP contribution in [0.1, 0.15) is 5.69 Å². The number of methoxy groups -OCH3 is 1. The zero-order valence-electron chi connectivity index (χ0n) is 16.8. The summed E-state index contributed by atoms with van der Waals surface area (Å²) >= 11 is 0. The number of hydrogen-bond acceptors (Lipinski definition) is 3. The third-order valence-electron chi connectivity index (χ3n) is 5.48. The molecule has 0 saturated carbocycles. The minimum atomic E-state index is 0.652. The van der Waals surface area contributed by atoms with E-state index in [1.165, 1.54) is 21.5 Å². The molecule has 0 unspecified atom stereocenters. The second-order valence-electron chi connectivity index (χ2n) is 7.25. The van der Waals surface area contributed by atoms with E-state index in [0.717, 1.165) is 28.3 Å². The molecule has 5 aromatic rings. The highest BCUT2D eigenvalue weighted by molar-refractivity contribution is 6.11. The molecule has 0 amide bonds. The first kappa shape index (κ1) is 18.2. The molecule has 0 aliphatic heterocycles. The number of aromatic nitrogens is 1. The highest BCUT2D eigenvalue weighted by Crippen LogP contribution is 2.44. The van der Waals surface area contributed by atoms with Crippen LogP contribution in [0.5, 0.6) is 5.75 Å². The van der Waals surface area contributed by atoms with Gasteiger partial charge in [-0.15, -0.1) is 0 Å². The maximum absolute atomic E-state index is 5.83. The minimum Gasteiger partial charge on any atom is -0.496 e. The summed E-state index contributed by atoms with van der Waals surface area (Å²) < 4.78 is 5.83. The first-order valence-electron chi connectivity index (χ1n) is 10.1. The Balaban J connectivity index is 1.76. The van der Waals surface area contributed by atoms with Gasteiger partial charge in [0.2, 0.25) is 0 Å². The van der Waals surface area contributed by atoms with Gasteiger partial charge in [-0.2, -0.15) is 0 Å². The van der Waals surface area contributed by atoms with E-state index in [4.69, 9.17) is 4.74 Å². The molecule has 30 heavy (non-hydrogen) atoms. The SMILES string of the molecule is COc1ccc2ccccc2c1-c1c(NCc2ccccn2)ccc2ccccc12. The van der Waals surface area contributed by atoms with Crippen LogP contribution in [0.25, 0.3) is 32.7 Å². The number of fused-ring (bicyclic) bond motifs is 2. The summed E-state index contributed by atoms with van der Waals surface area (Å²) in [6.07, 6.45) is 1.83. The van der Waals surface area contributed by atoms with E-state index >= 15 is 0 Å². The van der Waals surface area contributed by atoms with Gasteiger partial charge in [-0.05, 0) is 45.8 Å². The largest absolute Gasteiger partial charge is 0.496 e. The summed E-state index contributed by atoms with van der Waals surface area (Å²) in [6.45, 7) is 0.652. The van der Waals surface area contributed by atoms with Crippen LogP contribution in [0.4, 0.5) is 5.69 Å². The van der Waals surface area contributed by atoms with Gasteiger partial charge in [0.1, 0.15) is 5.75 Å². The van der Waals surface area contributed by atoms with Crippen molar-refractivity contribution in [3.8, 4) is 16.9 Å². The Morgan fingerprint density at radius 1 is 0.700 bits per heavy atom. The average Bonchev–Trinajstić information content (AvgIpc) is 2.82. The lowest BCUT2D eigenvalue weighted by Gasteiger charge is -2.19. The molecular weight excluding hydrogens is 368 g/mol. The molecule has 0 aliphatic carbocycles. The molecule has 3 nitrogen and oxygen atoms in total. The van der Waals surface area contributed by atoms with E-state index < -0.39 is 0 Å². The van der Waals surface area contributed by atoms with Crippen LogP contribution in [0.15, 0.2) is 97.2 Å². The van der Waals surface area contributed by atoms with Gasteiger partial charge in [0.15, 0.2) is 0 Å². The van der Waals surface area contributed by atoms with Crippen LogP contribution in [-0.2, 0) is 6.54 Å². The monoisotopic (exact) mass is 390 g/mol. The standard InChI is InChI=1S/C27H22N2O/c1-30-25-16-14-20-9-3-5-12-23(20)27(25)26-22-11-4-2-8-19(22)13-15-24(26)29-18-21-10-6-7-17-28-21/h2-17,29H,18H2,1H3. The maximum atomic E-state index is 5.83. The number of benzene rings is 4. The Kier molecular flexibility index (Phi) is 4.78. The van der Waals surface area contributed by atoms with Crippen molar-refractivity contribution in [2.75, 3.05) is 12.4 Å². The van der Waals surface area contributed by atoms with E-state index in [-0.39, 0.29) is 0 Å². The summed E-state index contributed by atoms with van der Waals surface area (Å²) in [5, 5.41) is 8.38. The summed E-state index contributed by atoms with van der Waals surface area (Å²) in [4.78, 5) is 4.46. The van der Waals surface area contributed by atoms with Gasteiger partial charge in [0.05, 0.1) is 19.3 Å². The van der Waals surface area contributed by atoms with Gasteiger partial charge < -0.3 is 10.1 Å². The fourth-order valence-electron chi connectivity index (χ4n) is 4.06. The number of pyridine rings is 1. The van der Waals surface area contributed by atoms with Crippen LogP contribution >= 0.6 is 0 Å². The summed E-state index contributed by atoms with van der Waals surface area (Å²) in [5.74, 6) is 0.867. The van der Waals surface area contributed by atoms with Crippen molar-refractivity contribution in [1.82, 2.24) is 4.98 Å². The van der Waals surface area contributed by atoms with Crippen molar-refractivity contribution in [2.45, 2.75) is 6.54 Å². The molecule has 0 fully saturated rings. The third-order valence-corrected chi connectivity index (χ3v) is 5.48. The maximum Gasteiger partial charge on any atom is 0.127 e. The molecule has 146 valence electrons. The van der Waals surface area contributed by atoms with Crippen molar-refractivity contribution >= 4 is 27.2 Å². The van der Waals surface area contributed by atoms with Crippen molar-refractivity contribution in [1.29, 1.82) is 0 Å². The molecule has 0 radical (unpaired) electrons. The summed E-state index contributed by atoms with van der Waals surface area (Å²) in [6, 6.07) is 31.4. The third kappa shape index (κ3) is 3.25. The lowest BCUT2D eigenvalue weighted by atomic mass is 9.91. The lowest BCUT2D eigenvalue weighted by Crippen LogP contribution is -2.03. The molecule has 0 aliphatic rings. The van der Waals surface area contributed by atoms with E-state index in [1.807, 2.05) is 24.4 Å². The van der Waals surface area contributed by atoms with Gasteiger partial charge in [0.25, 0.3) is 0 Å². The first-order valence-corrected chi connectivity index (χ1v) is 10.1. The van der Waals surface area contributed by atoms with Crippen LogP contribution in [-0.4, -0.2) is 12.1 Å². The highest BCUT2D eigenvalue weighted by Gasteiger charge is 2.17. The molecule has 0 spiro atoms. The predicted octanol–water partition coefficient (Wildman–Crippen LogP) is 6.68. The molecule has 0 saturated heterocycles. The number of nitrogens with zero attached hydrogens (tertiary/aromatic N) is 1. The second kappa shape index (κ2) is 7.88. The van der Waals surface area contributed by atoms with Crippen LogP contribution < -0.4 is 10.1 Å². The average molecular weight is 390 g/mol. The van der Waals surface area contributed by atoms with Gasteiger partial charge >= 0.3 is 0 Å². The minimum absolute atomic E-state index is 0.652.